The standard InChI is InChI=1S/C14H20ClNO3/c1-3-5-6-10(4-2)9-19-13-7-11(14(17)18)12(15)8-16-13/h7-8,10H,3-6,9H2,1-2H3,(H,17,18). The second kappa shape index (κ2) is 8.00. The molecule has 1 unspecified atom stereocenters. The predicted octanol–water partition coefficient (Wildman–Crippen LogP) is 4.03. The van der Waals surface area contributed by atoms with Crippen molar-refractivity contribution in [2.75, 3.05) is 6.61 Å². The first-order chi connectivity index (χ1) is 9.08. The summed E-state index contributed by atoms with van der Waals surface area (Å²) in [5.41, 5.74) is 0.0215. The molecule has 5 heteroatoms. The second-order valence-corrected chi connectivity index (χ2v) is 4.94. The van der Waals surface area contributed by atoms with Gasteiger partial charge in [0.15, 0.2) is 0 Å². The number of hydrogen-bond acceptors (Lipinski definition) is 3. The van der Waals surface area contributed by atoms with E-state index in [4.69, 9.17) is 21.4 Å². The second-order valence-electron chi connectivity index (χ2n) is 4.54. The molecule has 1 atom stereocenters. The number of hydrogen-bond donors (Lipinski definition) is 1. The Bertz CT molecular complexity index is 423. The molecule has 1 aromatic heterocycles. The number of carboxylic acid groups (broad SMARTS) is 1. The molecule has 1 aromatic rings. The van der Waals surface area contributed by atoms with E-state index in [1.807, 2.05) is 0 Å². The highest BCUT2D eigenvalue weighted by atomic mass is 35.5. The molecule has 0 aliphatic heterocycles. The molecule has 0 aliphatic carbocycles. The first-order valence-electron chi connectivity index (χ1n) is 6.60. The first kappa shape index (κ1) is 15.8. The third kappa shape index (κ3) is 5.07. The summed E-state index contributed by atoms with van der Waals surface area (Å²) < 4.78 is 5.57. The highest BCUT2D eigenvalue weighted by molar-refractivity contribution is 6.33. The molecule has 4 nitrogen and oxygen atoms in total. The molecule has 1 heterocycles. The maximum Gasteiger partial charge on any atom is 0.337 e. The molecule has 0 aromatic carbocycles. The van der Waals surface area contributed by atoms with Crippen molar-refractivity contribution >= 4 is 17.6 Å². The Hall–Kier alpha value is -1.29. The van der Waals surface area contributed by atoms with Gasteiger partial charge >= 0.3 is 5.97 Å². The number of aromatic nitrogens is 1. The minimum absolute atomic E-state index is 0.0215. The van der Waals surface area contributed by atoms with Gasteiger partial charge in [0, 0.05) is 6.07 Å². The lowest BCUT2D eigenvalue weighted by Gasteiger charge is -2.15. The average Bonchev–Trinajstić information content (AvgIpc) is 2.40. The molecular formula is C14H20ClNO3. The van der Waals surface area contributed by atoms with Crippen LogP contribution in [0.2, 0.25) is 5.02 Å². The van der Waals surface area contributed by atoms with Crippen LogP contribution in [-0.2, 0) is 0 Å². The average molecular weight is 286 g/mol. The van der Waals surface area contributed by atoms with E-state index in [-0.39, 0.29) is 10.6 Å². The number of carbonyl (C=O) groups is 1. The van der Waals surface area contributed by atoms with E-state index in [2.05, 4.69) is 18.8 Å². The monoisotopic (exact) mass is 285 g/mol. The minimum atomic E-state index is -1.07. The Labute approximate surface area is 118 Å². The molecular weight excluding hydrogens is 266 g/mol. The Balaban J connectivity index is 2.61. The molecule has 0 spiro atoms. The third-order valence-corrected chi connectivity index (χ3v) is 3.37. The Morgan fingerprint density at radius 3 is 2.84 bits per heavy atom. The molecule has 0 aliphatic rings. The molecule has 0 saturated heterocycles. The van der Waals surface area contributed by atoms with Gasteiger partial charge in [0.1, 0.15) is 0 Å². The van der Waals surface area contributed by atoms with E-state index in [1.165, 1.54) is 25.1 Å². The maximum absolute atomic E-state index is 10.9. The lowest BCUT2D eigenvalue weighted by Crippen LogP contribution is -2.12. The number of pyridine rings is 1. The summed E-state index contributed by atoms with van der Waals surface area (Å²) in [6, 6.07) is 1.37. The van der Waals surface area contributed by atoms with Gasteiger partial charge in [-0.15, -0.1) is 0 Å². The van der Waals surface area contributed by atoms with Crippen LogP contribution in [0.25, 0.3) is 0 Å². The van der Waals surface area contributed by atoms with Gasteiger partial charge in [-0.2, -0.15) is 0 Å². The Kier molecular flexibility index (Phi) is 6.64. The van der Waals surface area contributed by atoms with Crippen LogP contribution in [0.3, 0.4) is 0 Å². The van der Waals surface area contributed by atoms with Crippen LogP contribution in [0.4, 0.5) is 0 Å². The van der Waals surface area contributed by atoms with Gasteiger partial charge < -0.3 is 9.84 Å². The fourth-order valence-corrected chi connectivity index (χ4v) is 1.95. The van der Waals surface area contributed by atoms with Crippen molar-refractivity contribution in [3.63, 3.8) is 0 Å². The van der Waals surface area contributed by atoms with Crippen molar-refractivity contribution in [2.24, 2.45) is 5.92 Å². The number of nitrogens with zero attached hydrogens (tertiary/aromatic N) is 1. The lowest BCUT2D eigenvalue weighted by molar-refractivity contribution is 0.0696. The topological polar surface area (TPSA) is 59.4 Å². The summed E-state index contributed by atoms with van der Waals surface area (Å²) in [7, 11) is 0. The summed E-state index contributed by atoms with van der Waals surface area (Å²) in [6.07, 6.45) is 5.81. The van der Waals surface area contributed by atoms with Crippen LogP contribution < -0.4 is 4.74 Å². The van der Waals surface area contributed by atoms with E-state index in [1.54, 1.807) is 0 Å². The van der Waals surface area contributed by atoms with Crippen molar-refractivity contribution in [1.29, 1.82) is 0 Å². The van der Waals surface area contributed by atoms with Crippen LogP contribution in [0.1, 0.15) is 49.9 Å². The maximum atomic E-state index is 10.9. The fourth-order valence-electron chi connectivity index (χ4n) is 1.76. The summed E-state index contributed by atoms with van der Waals surface area (Å²) in [6.45, 7) is 4.85. The van der Waals surface area contributed by atoms with Gasteiger partial charge in [-0.1, -0.05) is 44.7 Å². The number of halogens is 1. The quantitative estimate of drug-likeness (QED) is 0.783. The van der Waals surface area contributed by atoms with E-state index in [9.17, 15) is 4.79 Å². The smallest absolute Gasteiger partial charge is 0.337 e. The van der Waals surface area contributed by atoms with Crippen molar-refractivity contribution in [3.05, 3.63) is 22.8 Å². The molecule has 106 valence electrons. The zero-order chi connectivity index (χ0) is 14.3. The van der Waals surface area contributed by atoms with Gasteiger partial charge in [0.05, 0.1) is 23.4 Å². The zero-order valence-corrected chi connectivity index (χ0v) is 12.1. The number of rotatable bonds is 8. The Morgan fingerprint density at radius 2 is 2.26 bits per heavy atom. The number of unbranched alkanes of at least 4 members (excludes halogenated alkanes) is 1. The van der Waals surface area contributed by atoms with Gasteiger partial charge in [-0.25, -0.2) is 9.78 Å². The van der Waals surface area contributed by atoms with Gasteiger partial charge in [-0.3, -0.25) is 0 Å². The highest BCUT2D eigenvalue weighted by Crippen LogP contribution is 2.20. The largest absolute Gasteiger partial charge is 0.478 e. The zero-order valence-electron chi connectivity index (χ0n) is 11.4. The van der Waals surface area contributed by atoms with Crippen molar-refractivity contribution in [3.8, 4) is 5.88 Å². The molecule has 0 amide bonds. The number of aromatic carboxylic acids is 1. The lowest BCUT2D eigenvalue weighted by atomic mass is 10.0. The summed E-state index contributed by atoms with van der Waals surface area (Å²) in [4.78, 5) is 14.9. The molecule has 19 heavy (non-hydrogen) atoms. The van der Waals surface area contributed by atoms with Crippen LogP contribution in [-0.4, -0.2) is 22.7 Å². The molecule has 0 bridgehead atoms. The predicted molar refractivity (Wildman–Crippen MR) is 75.0 cm³/mol. The van der Waals surface area contributed by atoms with Crippen molar-refractivity contribution < 1.29 is 14.6 Å². The van der Waals surface area contributed by atoms with Gasteiger partial charge in [-0.05, 0) is 12.3 Å². The minimum Gasteiger partial charge on any atom is -0.478 e. The number of ether oxygens (including phenoxy) is 1. The van der Waals surface area contributed by atoms with Crippen molar-refractivity contribution in [1.82, 2.24) is 4.98 Å². The van der Waals surface area contributed by atoms with E-state index < -0.39 is 5.97 Å². The SMILES string of the molecule is CCCCC(CC)COc1cc(C(=O)O)c(Cl)cn1. The first-order valence-corrected chi connectivity index (χ1v) is 6.97. The van der Waals surface area contributed by atoms with Gasteiger partial charge in [0.2, 0.25) is 5.88 Å². The van der Waals surface area contributed by atoms with E-state index in [0.717, 1.165) is 12.8 Å². The van der Waals surface area contributed by atoms with E-state index >= 15 is 0 Å². The number of carboxylic acids is 1. The fraction of sp³-hybridized carbons (Fsp3) is 0.571. The highest BCUT2D eigenvalue weighted by Gasteiger charge is 2.12. The summed E-state index contributed by atoms with van der Waals surface area (Å²) in [5, 5.41) is 9.09. The van der Waals surface area contributed by atoms with Crippen LogP contribution in [0.5, 0.6) is 5.88 Å². The third-order valence-electron chi connectivity index (χ3n) is 3.07. The molecule has 0 radical (unpaired) electrons. The summed E-state index contributed by atoms with van der Waals surface area (Å²) in [5.74, 6) is -0.280. The van der Waals surface area contributed by atoms with Gasteiger partial charge in [0.25, 0.3) is 0 Å². The summed E-state index contributed by atoms with van der Waals surface area (Å²) >= 11 is 5.75. The van der Waals surface area contributed by atoms with E-state index in [0.29, 0.717) is 18.4 Å². The molecule has 0 fully saturated rings. The van der Waals surface area contributed by atoms with Crippen molar-refractivity contribution in [2.45, 2.75) is 39.5 Å². The van der Waals surface area contributed by atoms with Crippen LogP contribution in [0, 0.1) is 5.92 Å². The molecule has 1 N–H and O–H groups in total. The molecule has 0 saturated carbocycles. The normalized spacial score (nSPS) is 12.2. The Morgan fingerprint density at radius 1 is 1.53 bits per heavy atom. The van der Waals surface area contributed by atoms with Crippen LogP contribution in [0.15, 0.2) is 12.3 Å². The van der Waals surface area contributed by atoms with Crippen LogP contribution >= 0.6 is 11.6 Å². The molecule has 1 rings (SSSR count).